The van der Waals surface area contributed by atoms with E-state index in [1.54, 1.807) is 19.1 Å². The highest BCUT2D eigenvalue weighted by atomic mass is 79.9. The molecule has 2 aromatic rings. The smallest absolute Gasteiger partial charge is 0.261 e. The Kier molecular flexibility index (Phi) is 4.21. The van der Waals surface area contributed by atoms with Crippen molar-refractivity contribution < 1.29 is 4.79 Å². The van der Waals surface area contributed by atoms with Crippen molar-refractivity contribution in [2.24, 2.45) is 0 Å². The first-order valence-electron chi connectivity index (χ1n) is 5.43. The van der Waals surface area contributed by atoms with Crippen LogP contribution in [0.15, 0.2) is 44.2 Å². The Balaban J connectivity index is 2.34. The van der Waals surface area contributed by atoms with Gasteiger partial charge in [0.25, 0.3) is 5.91 Å². The molecule has 0 aliphatic carbocycles. The summed E-state index contributed by atoms with van der Waals surface area (Å²) in [7, 11) is 0. The van der Waals surface area contributed by atoms with Gasteiger partial charge in [-0.2, -0.15) is 0 Å². The van der Waals surface area contributed by atoms with E-state index in [4.69, 9.17) is 0 Å². The molecule has 1 aromatic heterocycles. The number of nitrogens with one attached hydrogen (secondary N) is 2. The molecular weight excluding hydrogens is 376 g/mol. The molecule has 0 fully saturated rings. The maximum atomic E-state index is 12.1. The minimum Gasteiger partial charge on any atom is -0.364 e. The third-order valence-corrected chi connectivity index (χ3v) is 3.82. The Bertz CT molecular complexity index is 675. The lowest BCUT2D eigenvalue weighted by atomic mass is 10.2. The standard InChI is InChI=1S/C13H10Br2N2O2/c1-7-5-11(18)8(6-16-7)13(19)17-12-9(14)3-2-4-10(12)15/h2-6H,1H3,(H,16,18)(H,17,19). The van der Waals surface area contributed by atoms with Crippen LogP contribution in [0, 0.1) is 6.92 Å². The van der Waals surface area contributed by atoms with Gasteiger partial charge in [-0.1, -0.05) is 6.07 Å². The van der Waals surface area contributed by atoms with Gasteiger partial charge in [-0.15, -0.1) is 0 Å². The lowest BCUT2D eigenvalue weighted by Gasteiger charge is -2.09. The molecule has 1 aromatic carbocycles. The molecule has 0 aliphatic rings. The van der Waals surface area contributed by atoms with E-state index in [0.29, 0.717) is 11.4 Å². The van der Waals surface area contributed by atoms with Gasteiger partial charge >= 0.3 is 0 Å². The molecule has 0 saturated heterocycles. The van der Waals surface area contributed by atoms with Crippen LogP contribution in [-0.4, -0.2) is 10.9 Å². The van der Waals surface area contributed by atoms with Crippen molar-refractivity contribution in [2.45, 2.75) is 6.92 Å². The highest BCUT2D eigenvalue weighted by Crippen LogP contribution is 2.30. The van der Waals surface area contributed by atoms with Gasteiger partial charge in [-0.3, -0.25) is 9.59 Å². The van der Waals surface area contributed by atoms with Gasteiger partial charge in [-0.05, 0) is 50.9 Å². The normalized spacial score (nSPS) is 10.3. The average Bonchev–Trinajstić information content (AvgIpc) is 2.33. The van der Waals surface area contributed by atoms with E-state index < -0.39 is 5.91 Å². The summed E-state index contributed by atoms with van der Waals surface area (Å²) < 4.78 is 1.47. The van der Waals surface area contributed by atoms with E-state index in [1.165, 1.54) is 12.3 Å². The Labute approximate surface area is 126 Å². The van der Waals surface area contributed by atoms with Crippen LogP contribution in [-0.2, 0) is 0 Å². The number of benzene rings is 1. The van der Waals surface area contributed by atoms with Crippen molar-refractivity contribution >= 4 is 43.5 Å². The molecule has 2 rings (SSSR count). The molecule has 6 heteroatoms. The fourth-order valence-corrected chi connectivity index (χ4v) is 2.75. The zero-order chi connectivity index (χ0) is 14.0. The second-order valence-electron chi connectivity index (χ2n) is 3.94. The van der Waals surface area contributed by atoms with Gasteiger partial charge in [0.1, 0.15) is 5.56 Å². The number of anilines is 1. The Morgan fingerprint density at radius 3 is 2.47 bits per heavy atom. The molecular formula is C13H10Br2N2O2. The first-order chi connectivity index (χ1) is 8.99. The van der Waals surface area contributed by atoms with Gasteiger partial charge in [0.15, 0.2) is 5.43 Å². The number of aromatic amines is 1. The summed E-state index contributed by atoms with van der Waals surface area (Å²) >= 11 is 6.70. The van der Waals surface area contributed by atoms with Crippen molar-refractivity contribution in [3.05, 3.63) is 60.9 Å². The summed E-state index contributed by atoms with van der Waals surface area (Å²) in [5, 5.41) is 2.70. The van der Waals surface area contributed by atoms with Crippen LogP contribution in [0.4, 0.5) is 5.69 Å². The molecule has 4 nitrogen and oxygen atoms in total. The third-order valence-electron chi connectivity index (χ3n) is 2.50. The van der Waals surface area contributed by atoms with Gasteiger partial charge in [0.2, 0.25) is 0 Å². The zero-order valence-corrected chi connectivity index (χ0v) is 13.1. The highest BCUT2D eigenvalue weighted by Gasteiger charge is 2.13. The van der Waals surface area contributed by atoms with Gasteiger partial charge in [-0.25, -0.2) is 0 Å². The number of aromatic nitrogens is 1. The van der Waals surface area contributed by atoms with Crippen molar-refractivity contribution in [1.29, 1.82) is 0 Å². The third kappa shape index (κ3) is 3.13. The second kappa shape index (κ2) is 5.71. The molecule has 0 saturated carbocycles. The van der Waals surface area contributed by atoms with Crippen LogP contribution in [0.1, 0.15) is 16.1 Å². The topological polar surface area (TPSA) is 62.0 Å². The molecule has 0 bridgehead atoms. The predicted octanol–water partition coefficient (Wildman–Crippen LogP) is 3.46. The van der Waals surface area contributed by atoms with Crippen molar-refractivity contribution in [1.82, 2.24) is 4.98 Å². The minimum atomic E-state index is -0.450. The van der Waals surface area contributed by atoms with Crippen LogP contribution in [0.25, 0.3) is 0 Å². The number of pyridine rings is 1. The number of carbonyl (C=O) groups is 1. The van der Waals surface area contributed by atoms with Crippen LogP contribution in [0.3, 0.4) is 0 Å². The summed E-state index contributed by atoms with van der Waals surface area (Å²) in [6.45, 7) is 1.76. The monoisotopic (exact) mass is 384 g/mol. The molecule has 0 aliphatic heterocycles. The average molecular weight is 386 g/mol. The Hall–Kier alpha value is -1.40. The van der Waals surface area contributed by atoms with E-state index in [1.807, 2.05) is 6.07 Å². The SMILES string of the molecule is Cc1cc(=O)c(C(=O)Nc2c(Br)cccc2Br)c[nH]1. The highest BCUT2D eigenvalue weighted by molar-refractivity contribution is 9.11. The lowest BCUT2D eigenvalue weighted by Crippen LogP contribution is -2.21. The molecule has 0 atom stereocenters. The number of H-pyrrole nitrogens is 1. The number of amides is 1. The van der Waals surface area contributed by atoms with Crippen molar-refractivity contribution in [3.8, 4) is 0 Å². The fraction of sp³-hybridized carbons (Fsp3) is 0.0769. The van der Waals surface area contributed by atoms with E-state index in [9.17, 15) is 9.59 Å². The molecule has 1 amide bonds. The number of rotatable bonds is 2. The van der Waals surface area contributed by atoms with E-state index in [2.05, 4.69) is 42.2 Å². The molecule has 2 N–H and O–H groups in total. The van der Waals surface area contributed by atoms with Gasteiger partial charge < -0.3 is 10.3 Å². The number of para-hydroxylation sites is 1. The summed E-state index contributed by atoms with van der Waals surface area (Å²) in [5.41, 5.74) is 1.07. The summed E-state index contributed by atoms with van der Waals surface area (Å²) in [4.78, 5) is 26.7. The quantitative estimate of drug-likeness (QED) is 0.831. The Morgan fingerprint density at radius 1 is 1.26 bits per heavy atom. The Morgan fingerprint density at radius 2 is 1.89 bits per heavy atom. The van der Waals surface area contributed by atoms with Crippen LogP contribution < -0.4 is 10.7 Å². The molecule has 98 valence electrons. The number of halogens is 2. The summed E-state index contributed by atoms with van der Waals surface area (Å²) in [6, 6.07) is 6.84. The molecule has 1 heterocycles. The summed E-state index contributed by atoms with van der Waals surface area (Å²) in [6.07, 6.45) is 1.41. The number of carbonyl (C=O) groups excluding carboxylic acids is 1. The van der Waals surface area contributed by atoms with E-state index >= 15 is 0 Å². The van der Waals surface area contributed by atoms with Gasteiger partial charge in [0.05, 0.1) is 5.69 Å². The maximum Gasteiger partial charge on any atom is 0.261 e. The molecule has 19 heavy (non-hydrogen) atoms. The summed E-state index contributed by atoms with van der Waals surface area (Å²) in [5.74, 6) is -0.450. The van der Waals surface area contributed by atoms with Crippen molar-refractivity contribution in [2.75, 3.05) is 5.32 Å². The maximum absolute atomic E-state index is 12.1. The molecule has 0 unspecified atom stereocenters. The van der Waals surface area contributed by atoms with Crippen molar-refractivity contribution in [3.63, 3.8) is 0 Å². The minimum absolute atomic E-state index is 0.0771. The molecule has 0 spiro atoms. The molecule has 0 radical (unpaired) electrons. The second-order valence-corrected chi connectivity index (χ2v) is 5.65. The van der Waals surface area contributed by atoms with Gasteiger partial charge in [0, 0.05) is 26.9 Å². The number of hydrogen-bond donors (Lipinski definition) is 2. The lowest BCUT2D eigenvalue weighted by molar-refractivity contribution is 0.102. The number of hydrogen-bond acceptors (Lipinski definition) is 2. The largest absolute Gasteiger partial charge is 0.364 e. The zero-order valence-electron chi connectivity index (χ0n) is 9.96. The van der Waals surface area contributed by atoms with E-state index in [0.717, 1.165) is 8.95 Å². The predicted molar refractivity (Wildman–Crippen MR) is 81.6 cm³/mol. The first-order valence-corrected chi connectivity index (χ1v) is 7.02. The van der Waals surface area contributed by atoms with Crippen LogP contribution in [0.2, 0.25) is 0 Å². The fourth-order valence-electron chi connectivity index (χ4n) is 1.55. The van der Waals surface area contributed by atoms with Crippen LogP contribution >= 0.6 is 31.9 Å². The van der Waals surface area contributed by atoms with E-state index in [-0.39, 0.29) is 11.0 Å². The first kappa shape index (κ1) is 14.0. The van der Waals surface area contributed by atoms with Crippen LogP contribution in [0.5, 0.6) is 0 Å². The number of aryl methyl sites for hydroxylation is 1.